The van der Waals surface area contributed by atoms with Crippen LogP contribution in [-0.2, 0) is 14.6 Å². The maximum absolute atomic E-state index is 11.0. The number of carboxylic acid groups (broad SMARTS) is 1. The van der Waals surface area contributed by atoms with E-state index < -0.39 is 15.8 Å². The number of halogens is 2. The minimum atomic E-state index is -3.08. The van der Waals surface area contributed by atoms with E-state index in [0.29, 0.717) is 20.3 Å². The molecule has 20 heavy (non-hydrogen) atoms. The third-order valence-corrected chi connectivity index (χ3v) is 4.23. The van der Waals surface area contributed by atoms with Crippen LogP contribution in [0.15, 0.2) is 27.2 Å². The molecule has 1 rings (SSSR count). The van der Waals surface area contributed by atoms with Crippen molar-refractivity contribution in [2.75, 3.05) is 18.6 Å². The van der Waals surface area contributed by atoms with Crippen LogP contribution < -0.4 is 4.74 Å². The number of carboxylic acids is 1. The van der Waals surface area contributed by atoms with Gasteiger partial charge in [0, 0.05) is 12.3 Å². The van der Waals surface area contributed by atoms with Gasteiger partial charge in [-0.3, -0.25) is 0 Å². The predicted molar refractivity (Wildman–Crippen MR) is 83.7 cm³/mol. The number of sulfone groups is 1. The van der Waals surface area contributed by atoms with Gasteiger partial charge in [-0.15, -0.1) is 0 Å². The molecule has 110 valence electrons. The Labute approximate surface area is 133 Å². The summed E-state index contributed by atoms with van der Waals surface area (Å²) in [6.07, 6.45) is 3.61. The Kier molecular flexibility index (Phi) is 6.22. The molecule has 0 aliphatic rings. The Hall–Kier alpha value is -0.860. The first-order chi connectivity index (χ1) is 9.19. The minimum absolute atomic E-state index is 0.0420. The predicted octanol–water partition coefficient (Wildman–Crippen LogP) is 2.73. The van der Waals surface area contributed by atoms with Crippen molar-refractivity contribution in [2.24, 2.45) is 0 Å². The van der Waals surface area contributed by atoms with Crippen molar-refractivity contribution in [3.8, 4) is 5.75 Å². The van der Waals surface area contributed by atoms with E-state index in [4.69, 9.17) is 9.84 Å². The molecule has 0 heterocycles. The van der Waals surface area contributed by atoms with E-state index in [1.807, 2.05) is 0 Å². The fraction of sp³-hybridized carbons (Fsp3) is 0.250. The Morgan fingerprint density at radius 2 is 1.90 bits per heavy atom. The highest BCUT2D eigenvalue weighted by molar-refractivity contribution is 9.11. The first kappa shape index (κ1) is 17.2. The lowest BCUT2D eigenvalue weighted by Gasteiger charge is -2.10. The van der Waals surface area contributed by atoms with Gasteiger partial charge in [-0.1, -0.05) is 0 Å². The minimum Gasteiger partial charge on any atom is -0.490 e. The summed E-state index contributed by atoms with van der Waals surface area (Å²) >= 11 is 6.60. The SMILES string of the molecule is CS(=O)(=O)CCOc1c(Br)cc(/C=C/C(=O)O)cc1Br. The Morgan fingerprint density at radius 3 is 2.35 bits per heavy atom. The average molecular weight is 428 g/mol. The van der Waals surface area contributed by atoms with Crippen LogP contribution in [0.3, 0.4) is 0 Å². The quantitative estimate of drug-likeness (QED) is 0.706. The molecule has 1 N–H and O–H groups in total. The van der Waals surface area contributed by atoms with E-state index in [-0.39, 0.29) is 12.4 Å². The summed E-state index contributed by atoms with van der Waals surface area (Å²) in [4.78, 5) is 10.5. The second-order valence-corrected chi connectivity index (χ2v) is 7.93. The van der Waals surface area contributed by atoms with Crippen molar-refractivity contribution in [1.29, 1.82) is 0 Å². The van der Waals surface area contributed by atoms with Gasteiger partial charge in [0.1, 0.15) is 12.4 Å². The van der Waals surface area contributed by atoms with E-state index in [1.54, 1.807) is 12.1 Å². The van der Waals surface area contributed by atoms with E-state index in [9.17, 15) is 13.2 Å². The van der Waals surface area contributed by atoms with Gasteiger partial charge in [0.2, 0.25) is 0 Å². The molecule has 0 aliphatic heterocycles. The molecule has 0 bridgehead atoms. The summed E-state index contributed by atoms with van der Waals surface area (Å²) in [5, 5.41) is 8.57. The van der Waals surface area contributed by atoms with Gasteiger partial charge in [0.15, 0.2) is 9.84 Å². The highest BCUT2D eigenvalue weighted by atomic mass is 79.9. The molecular weight excluding hydrogens is 416 g/mol. The van der Waals surface area contributed by atoms with Crippen LogP contribution in [0, 0.1) is 0 Å². The zero-order valence-electron chi connectivity index (χ0n) is 10.5. The van der Waals surface area contributed by atoms with Crippen LogP contribution in [0.1, 0.15) is 5.56 Å². The smallest absolute Gasteiger partial charge is 0.328 e. The van der Waals surface area contributed by atoms with Crippen LogP contribution in [0.2, 0.25) is 0 Å². The van der Waals surface area contributed by atoms with Gasteiger partial charge < -0.3 is 9.84 Å². The highest BCUT2D eigenvalue weighted by Crippen LogP contribution is 2.35. The molecule has 5 nitrogen and oxygen atoms in total. The van der Waals surface area contributed by atoms with Crippen molar-refractivity contribution in [2.45, 2.75) is 0 Å². The van der Waals surface area contributed by atoms with Crippen LogP contribution in [0.25, 0.3) is 6.08 Å². The normalized spacial score (nSPS) is 11.8. The topological polar surface area (TPSA) is 80.7 Å². The molecule has 0 saturated carbocycles. The lowest BCUT2D eigenvalue weighted by molar-refractivity contribution is -0.131. The second kappa shape index (κ2) is 7.24. The van der Waals surface area contributed by atoms with E-state index >= 15 is 0 Å². The van der Waals surface area contributed by atoms with Crippen LogP contribution in [0.4, 0.5) is 0 Å². The van der Waals surface area contributed by atoms with Gasteiger partial charge in [-0.05, 0) is 55.6 Å². The summed E-state index contributed by atoms with van der Waals surface area (Å²) in [7, 11) is -3.08. The Balaban J connectivity index is 2.86. The first-order valence-corrected chi connectivity index (χ1v) is 9.04. The Morgan fingerprint density at radius 1 is 1.35 bits per heavy atom. The van der Waals surface area contributed by atoms with Crippen LogP contribution >= 0.6 is 31.9 Å². The first-order valence-electron chi connectivity index (χ1n) is 5.39. The summed E-state index contributed by atoms with van der Waals surface area (Å²) < 4.78 is 28.7. The number of hydrogen-bond donors (Lipinski definition) is 1. The molecule has 0 aliphatic carbocycles. The van der Waals surface area contributed by atoms with Gasteiger partial charge >= 0.3 is 5.97 Å². The Bertz CT molecular complexity index is 614. The second-order valence-electron chi connectivity index (χ2n) is 3.96. The number of benzene rings is 1. The fourth-order valence-electron chi connectivity index (χ4n) is 1.28. The van der Waals surface area contributed by atoms with E-state index in [1.165, 1.54) is 6.08 Å². The monoisotopic (exact) mass is 426 g/mol. The molecule has 1 aromatic carbocycles. The van der Waals surface area contributed by atoms with E-state index in [0.717, 1.165) is 12.3 Å². The van der Waals surface area contributed by atoms with Gasteiger partial charge in [0.25, 0.3) is 0 Å². The van der Waals surface area contributed by atoms with Crippen LogP contribution in [0.5, 0.6) is 5.75 Å². The van der Waals surface area contributed by atoms with Crippen molar-refractivity contribution < 1.29 is 23.1 Å². The number of carbonyl (C=O) groups is 1. The van der Waals surface area contributed by atoms with Gasteiger partial charge in [0.05, 0.1) is 14.7 Å². The third-order valence-electron chi connectivity index (χ3n) is 2.14. The molecule has 0 radical (unpaired) electrons. The summed E-state index contributed by atoms with van der Waals surface area (Å²) in [6.45, 7) is 0.0420. The van der Waals surface area contributed by atoms with Gasteiger partial charge in [-0.25, -0.2) is 13.2 Å². The molecule has 0 unspecified atom stereocenters. The van der Waals surface area contributed by atoms with E-state index in [2.05, 4.69) is 31.9 Å². The summed E-state index contributed by atoms with van der Waals surface area (Å²) in [5.41, 5.74) is 0.668. The molecule has 0 fully saturated rings. The molecule has 0 aromatic heterocycles. The molecule has 8 heteroatoms. The lowest BCUT2D eigenvalue weighted by Crippen LogP contribution is -2.12. The third kappa shape index (κ3) is 6.06. The average Bonchev–Trinajstić information content (AvgIpc) is 2.28. The molecule has 0 atom stereocenters. The van der Waals surface area contributed by atoms with Crippen molar-refractivity contribution >= 4 is 53.7 Å². The molecule has 0 saturated heterocycles. The zero-order chi connectivity index (χ0) is 15.3. The molecular formula is C12H12Br2O5S. The molecule has 0 spiro atoms. The number of rotatable bonds is 6. The number of hydrogen-bond acceptors (Lipinski definition) is 4. The van der Waals surface area contributed by atoms with Crippen LogP contribution in [-0.4, -0.2) is 38.1 Å². The standard InChI is InChI=1S/C12H12Br2O5S/c1-20(17,18)5-4-19-12-9(13)6-8(7-10(12)14)2-3-11(15)16/h2-3,6-7H,4-5H2,1H3,(H,15,16)/b3-2+. The summed E-state index contributed by atoms with van der Waals surface area (Å²) in [6, 6.07) is 3.36. The summed E-state index contributed by atoms with van der Waals surface area (Å²) in [5.74, 6) is -0.640. The largest absolute Gasteiger partial charge is 0.490 e. The van der Waals surface area contributed by atoms with Crippen molar-refractivity contribution in [3.05, 3.63) is 32.7 Å². The van der Waals surface area contributed by atoms with Crippen molar-refractivity contribution in [1.82, 2.24) is 0 Å². The maximum atomic E-state index is 11.0. The number of ether oxygens (including phenoxy) is 1. The molecule has 1 aromatic rings. The van der Waals surface area contributed by atoms with Crippen molar-refractivity contribution in [3.63, 3.8) is 0 Å². The fourth-order valence-corrected chi connectivity index (χ4v) is 3.11. The van der Waals surface area contributed by atoms with Gasteiger partial charge in [-0.2, -0.15) is 0 Å². The maximum Gasteiger partial charge on any atom is 0.328 e. The zero-order valence-corrected chi connectivity index (χ0v) is 14.5. The lowest BCUT2D eigenvalue weighted by atomic mass is 10.2. The number of aliphatic carboxylic acids is 1. The molecule has 0 amide bonds. The highest BCUT2D eigenvalue weighted by Gasteiger charge is 2.10.